The highest BCUT2D eigenvalue weighted by molar-refractivity contribution is 6.06. The molecule has 1 aromatic carbocycles. The summed E-state index contributed by atoms with van der Waals surface area (Å²) in [6.45, 7) is 3.52. The third-order valence-electron chi connectivity index (χ3n) is 2.98. The average Bonchev–Trinajstić information content (AvgIpc) is 2.40. The fourth-order valence-corrected chi connectivity index (χ4v) is 1.93. The van der Waals surface area contributed by atoms with Crippen molar-refractivity contribution in [1.82, 2.24) is 4.98 Å². The summed E-state index contributed by atoms with van der Waals surface area (Å²) in [5.41, 5.74) is 1.48. The van der Waals surface area contributed by atoms with Gasteiger partial charge in [0.1, 0.15) is 5.56 Å². The van der Waals surface area contributed by atoms with Crippen molar-refractivity contribution in [2.45, 2.75) is 13.8 Å². The van der Waals surface area contributed by atoms with E-state index in [2.05, 4.69) is 10.3 Å². The Kier molecular flexibility index (Phi) is 3.89. The van der Waals surface area contributed by atoms with Gasteiger partial charge in [-0.15, -0.1) is 0 Å². The molecule has 0 spiro atoms. The quantitative estimate of drug-likeness (QED) is 0.752. The molecule has 0 bridgehead atoms. The Morgan fingerprint density at radius 2 is 1.81 bits per heavy atom. The Morgan fingerprint density at radius 1 is 1.10 bits per heavy atom. The highest BCUT2D eigenvalue weighted by Gasteiger charge is 2.16. The molecule has 0 fully saturated rings. The molecule has 2 aromatic rings. The highest BCUT2D eigenvalue weighted by Crippen LogP contribution is 2.28. The molecule has 2 rings (SSSR count). The number of amides is 1. The first-order valence-electron chi connectivity index (χ1n) is 6.21. The third-order valence-corrected chi connectivity index (χ3v) is 2.98. The number of carboxylic acid groups (broad SMARTS) is 1. The predicted molar refractivity (Wildman–Crippen MR) is 76.7 cm³/mol. The van der Waals surface area contributed by atoms with Gasteiger partial charge in [0, 0.05) is 5.69 Å². The number of nitrogens with zero attached hydrogens (tertiary/aromatic N) is 1. The summed E-state index contributed by atoms with van der Waals surface area (Å²) in [6.07, 6.45) is 0. The molecule has 1 heterocycles. The molecular weight excluding hydrogens is 272 g/mol. The van der Waals surface area contributed by atoms with Crippen molar-refractivity contribution < 1.29 is 19.8 Å². The van der Waals surface area contributed by atoms with Gasteiger partial charge in [-0.1, -0.05) is 6.07 Å². The number of hydrogen-bond acceptors (Lipinski definition) is 4. The molecule has 21 heavy (non-hydrogen) atoms. The van der Waals surface area contributed by atoms with E-state index in [1.165, 1.54) is 18.2 Å². The van der Waals surface area contributed by atoms with Crippen molar-refractivity contribution >= 4 is 17.6 Å². The summed E-state index contributed by atoms with van der Waals surface area (Å²) in [4.78, 5) is 27.3. The first kappa shape index (κ1) is 14.5. The Morgan fingerprint density at radius 3 is 2.43 bits per heavy atom. The van der Waals surface area contributed by atoms with Crippen LogP contribution in [0.3, 0.4) is 0 Å². The van der Waals surface area contributed by atoms with Crippen molar-refractivity contribution in [2.24, 2.45) is 0 Å². The largest absolute Gasteiger partial charge is 0.505 e. The number of aryl methyl sites for hydroxylation is 2. The fraction of sp³-hybridized carbons (Fsp3) is 0.133. The Hall–Kier alpha value is -2.89. The van der Waals surface area contributed by atoms with Gasteiger partial charge in [0.25, 0.3) is 5.91 Å². The van der Waals surface area contributed by atoms with Crippen molar-refractivity contribution in [3.8, 4) is 5.75 Å². The highest BCUT2D eigenvalue weighted by atomic mass is 16.4. The van der Waals surface area contributed by atoms with Gasteiger partial charge in [-0.3, -0.25) is 9.78 Å². The average molecular weight is 286 g/mol. The molecule has 0 aliphatic rings. The van der Waals surface area contributed by atoms with Crippen LogP contribution >= 0.6 is 0 Å². The SMILES string of the molecule is Cc1ccc(C(=O)Nc2cccc(C(=O)O)c2O)c(C)n1. The van der Waals surface area contributed by atoms with Crippen LogP contribution in [0.15, 0.2) is 30.3 Å². The monoisotopic (exact) mass is 286 g/mol. The van der Waals surface area contributed by atoms with Gasteiger partial charge in [-0.2, -0.15) is 0 Å². The van der Waals surface area contributed by atoms with Crippen LogP contribution in [0.25, 0.3) is 0 Å². The first-order chi connectivity index (χ1) is 9.90. The maximum atomic E-state index is 12.2. The molecule has 108 valence electrons. The standard InChI is InChI=1S/C15H14N2O4/c1-8-6-7-10(9(2)16-8)14(19)17-12-5-3-4-11(13(12)18)15(20)21/h3-7,18H,1-2H3,(H,17,19)(H,20,21). The van der Waals surface area contributed by atoms with Crippen molar-refractivity contribution in [2.75, 3.05) is 5.32 Å². The topological polar surface area (TPSA) is 99.5 Å². The number of benzene rings is 1. The van der Waals surface area contributed by atoms with Gasteiger partial charge in [0.05, 0.1) is 16.9 Å². The van der Waals surface area contributed by atoms with Crippen molar-refractivity contribution in [1.29, 1.82) is 0 Å². The van der Waals surface area contributed by atoms with E-state index in [1.807, 2.05) is 6.92 Å². The summed E-state index contributed by atoms with van der Waals surface area (Å²) in [5.74, 6) is -2.20. The molecular formula is C15H14N2O4. The smallest absolute Gasteiger partial charge is 0.339 e. The summed E-state index contributed by atoms with van der Waals surface area (Å²) < 4.78 is 0. The van der Waals surface area contributed by atoms with Gasteiger partial charge in [0.15, 0.2) is 5.75 Å². The van der Waals surface area contributed by atoms with Crippen LogP contribution in [0, 0.1) is 13.8 Å². The lowest BCUT2D eigenvalue weighted by Crippen LogP contribution is -2.15. The van der Waals surface area contributed by atoms with Crippen LogP contribution in [-0.4, -0.2) is 27.1 Å². The summed E-state index contributed by atoms with van der Waals surface area (Å²) in [7, 11) is 0. The summed E-state index contributed by atoms with van der Waals surface area (Å²) in [6, 6.07) is 7.46. The molecule has 0 aliphatic carbocycles. The van der Waals surface area contributed by atoms with E-state index in [-0.39, 0.29) is 11.3 Å². The van der Waals surface area contributed by atoms with Crippen LogP contribution in [0.1, 0.15) is 32.1 Å². The predicted octanol–water partition coefficient (Wildman–Crippen LogP) is 2.35. The second-order valence-corrected chi connectivity index (χ2v) is 4.55. The molecule has 6 nitrogen and oxygen atoms in total. The van der Waals surface area contributed by atoms with Gasteiger partial charge < -0.3 is 15.5 Å². The summed E-state index contributed by atoms with van der Waals surface area (Å²) >= 11 is 0. The number of carbonyl (C=O) groups excluding carboxylic acids is 1. The van der Waals surface area contributed by atoms with Crippen molar-refractivity contribution in [3.63, 3.8) is 0 Å². The lowest BCUT2D eigenvalue weighted by atomic mass is 10.1. The zero-order chi connectivity index (χ0) is 15.6. The van der Waals surface area contributed by atoms with E-state index >= 15 is 0 Å². The lowest BCUT2D eigenvalue weighted by Gasteiger charge is -2.10. The van der Waals surface area contributed by atoms with Crippen LogP contribution in [0.2, 0.25) is 0 Å². The van der Waals surface area contributed by atoms with E-state index in [1.54, 1.807) is 19.1 Å². The maximum Gasteiger partial charge on any atom is 0.339 e. The third kappa shape index (κ3) is 3.00. The van der Waals surface area contributed by atoms with E-state index in [9.17, 15) is 14.7 Å². The number of phenols is 1. The van der Waals surface area contributed by atoms with Gasteiger partial charge in [-0.25, -0.2) is 4.79 Å². The van der Waals surface area contributed by atoms with Gasteiger partial charge in [0.2, 0.25) is 0 Å². The number of hydrogen-bond donors (Lipinski definition) is 3. The number of nitrogens with one attached hydrogen (secondary N) is 1. The minimum absolute atomic E-state index is 0.0416. The van der Waals surface area contributed by atoms with Crippen LogP contribution in [0.5, 0.6) is 5.75 Å². The van der Waals surface area contributed by atoms with Gasteiger partial charge in [-0.05, 0) is 38.1 Å². The molecule has 0 saturated heterocycles. The maximum absolute atomic E-state index is 12.2. The van der Waals surface area contributed by atoms with E-state index in [0.717, 1.165) is 5.69 Å². The number of carboxylic acids is 1. The number of aromatic hydroxyl groups is 1. The number of aromatic carboxylic acids is 1. The number of para-hydroxylation sites is 1. The Balaban J connectivity index is 2.32. The molecule has 0 atom stereocenters. The number of pyridine rings is 1. The number of anilines is 1. The Bertz CT molecular complexity index is 726. The fourth-order valence-electron chi connectivity index (χ4n) is 1.93. The van der Waals surface area contributed by atoms with Crippen LogP contribution in [0.4, 0.5) is 5.69 Å². The molecule has 0 radical (unpaired) electrons. The van der Waals surface area contributed by atoms with Gasteiger partial charge >= 0.3 is 5.97 Å². The molecule has 0 aliphatic heterocycles. The molecule has 3 N–H and O–H groups in total. The zero-order valence-corrected chi connectivity index (χ0v) is 11.5. The van der Waals surface area contributed by atoms with Crippen LogP contribution in [-0.2, 0) is 0 Å². The minimum atomic E-state index is -1.27. The number of aromatic nitrogens is 1. The Labute approximate surface area is 121 Å². The van der Waals surface area contributed by atoms with Crippen LogP contribution < -0.4 is 5.32 Å². The number of carbonyl (C=O) groups is 2. The molecule has 1 aromatic heterocycles. The molecule has 0 unspecified atom stereocenters. The molecule has 0 saturated carbocycles. The normalized spacial score (nSPS) is 10.2. The first-order valence-corrected chi connectivity index (χ1v) is 6.21. The van der Waals surface area contributed by atoms with E-state index in [0.29, 0.717) is 11.3 Å². The minimum Gasteiger partial charge on any atom is -0.505 e. The lowest BCUT2D eigenvalue weighted by molar-refractivity contribution is 0.0693. The van der Waals surface area contributed by atoms with Crippen molar-refractivity contribution in [3.05, 3.63) is 52.8 Å². The second kappa shape index (κ2) is 5.62. The summed E-state index contributed by atoms with van der Waals surface area (Å²) in [5, 5.41) is 21.3. The molecule has 6 heteroatoms. The molecule has 1 amide bonds. The van der Waals surface area contributed by atoms with E-state index in [4.69, 9.17) is 5.11 Å². The second-order valence-electron chi connectivity index (χ2n) is 4.55. The van der Waals surface area contributed by atoms with E-state index < -0.39 is 17.6 Å². The number of rotatable bonds is 3. The zero-order valence-electron chi connectivity index (χ0n) is 11.5.